The summed E-state index contributed by atoms with van der Waals surface area (Å²) in [5.74, 6) is 0. The van der Waals surface area contributed by atoms with Crippen LogP contribution < -0.4 is 0 Å². The van der Waals surface area contributed by atoms with Gasteiger partial charge in [0.25, 0.3) is 0 Å². The average molecular weight is 176 g/mol. The van der Waals surface area contributed by atoms with E-state index in [4.69, 9.17) is 9.47 Å². The van der Waals surface area contributed by atoms with E-state index in [1.54, 1.807) is 6.08 Å². The van der Waals surface area contributed by atoms with Crippen molar-refractivity contribution in [3.63, 3.8) is 0 Å². The highest BCUT2D eigenvalue weighted by atomic mass is 16.7. The summed E-state index contributed by atoms with van der Waals surface area (Å²) in [5, 5.41) is 0. The van der Waals surface area contributed by atoms with Crippen LogP contribution in [0.25, 0.3) is 0 Å². The maximum absolute atomic E-state index is 5.56. The van der Waals surface area contributed by atoms with Gasteiger partial charge in [-0.15, -0.1) is 6.58 Å². The fraction of sp³-hybridized carbons (Fsp3) is 0.273. The van der Waals surface area contributed by atoms with Gasteiger partial charge in [0.15, 0.2) is 6.29 Å². The highest BCUT2D eigenvalue weighted by Gasteiger charge is 2.24. The molecule has 2 rings (SSSR count). The summed E-state index contributed by atoms with van der Waals surface area (Å²) in [5.41, 5.74) is 1.06. The number of hydrogen-bond acceptors (Lipinski definition) is 2. The van der Waals surface area contributed by atoms with Crippen LogP contribution in [0.2, 0.25) is 0 Å². The Hall–Kier alpha value is -1.12. The molecule has 1 heterocycles. The van der Waals surface area contributed by atoms with Crippen LogP contribution in [0.5, 0.6) is 0 Å². The molecule has 1 aliphatic rings. The maximum Gasteiger partial charge on any atom is 0.184 e. The van der Waals surface area contributed by atoms with Crippen molar-refractivity contribution in [2.75, 3.05) is 6.61 Å². The van der Waals surface area contributed by atoms with Crippen molar-refractivity contribution in [1.82, 2.24) is 0 Å². The highest BCUT2D eigenvalue weighted by molar-refractivity contribution is 5.16. The van der Waals surface area contributed by atoms with Crippen LogP contribution in [0.4, 0.5) is 0 Å². The van der Waals surface area contributed by atoms with E-state index in [2.05, 4.69) is 6.58 Å². The van der Waals surface area contributed by atoms with E-state index >= 15 is 0 Å². The van der Waals surface area contributed by atoms with Crippen LogP contribution in [0.15, 0.2) is 43.0 Å². The topological polar surface area (TPSA) is 18.5 Å². The number of rotatable bonds is 2. The predicted molar refractivity (Wildman–Crippen MR) is 50.2 cm³/mol. The lowest BCUT2D eigenvalue weighted by Crippen LogP contribution is -2.04. The molecular formula is C11H12O2. The molecule has 13 heavy (non-hydrogen) atoms. The Bertz CT molecular complexity index is 281. The zero-order chi connectivity index (χ0) is 9.10. The Morgan fingerprint density at radius 2 is 2.08 bits per heavy atom. The fourth-order valence-electron chi connectivity index (χ4n) is 1.33. The lowest BCUT2D eigenvalue weighted by atomic mass is 10.2. The maximum atomic E-state index is 5.56. The molecule has 2 heteroatoms. The fourth-order valence-corrected chi connectivity index (χ4v) is 1.33. The van der Waals surface area contributed by atoms with Crippen LogP contribution in [0.1, 0.15) is 11.9 Å². The molecule has 1 aliphatic heterocycles. The molecule has 0 saturated carbocycles. The lowest BCUT2D eigenvalue weighted by Gasteiger charge is -2.09. The van der Waals surface area contributed by atoms with E-state index in [9.17, 15) is 0 Å². The average Bonchev–Trinajstić information content (AvgIpc) is 2.67. The predicted octanol–water partition coefficient (Wildman–Crippen LogP) is 2.29. The van der Waals surface area contributed by atoms with Crippen molar-refractivity contribution in [3.8, 4) is 0 Å². The molecule has 0 N–H and O–H groups in total. The minimum Gasteiger partial charge on any atom is -0.345 e. The highest BCUT2D eigenvalue weighted by Crippen LogP contribution is 2.26. The van der Waals surface area contributed by atoms with Gasteiger partial charge in [-0.2, -0.15) is 0 Å². The second-order valence-corrected chi connectivity index (χ2v) is 2.99. The van der Waals surface area contributed by atoms with Crippen molar-refractivity contribution in [2.45, 2.75) is 12.4 Å². The largest absolute Gasteiger partial charge is 0.345 e. The molecule has 0 bridgehead atoms. The Morgan fingerprint density at radius 1 is 1.31 bits per heavy atom. The Kier molecular flexibility index (Phi) is 2.43. The third-order valence-corrected chi connectivity index (χ3v) is 2.04. The molecule has 2 nitrogen and oxygen atoms in total. The number of ether oxygens (including phenoxy) is 2. The van der Waals surface area contributed by atoms with Gasteiger partial charge in [0, 0.05) is 5.56 Å². The Labute approximate surface area is 77.8 Å². The van der Waals surface area contributed by atoms with Gasteiger partial charge in [-0.1, -0.05) is 36.4 Å². The van der Waals surface area contributed by atoms with Gasteiger partial charge in [-0.25, -0.2) is 0 Å². The molecule has 0 aromatic heterocycles. The van der Waals surface area contributed by atoms with E-state index in [1.165, 1.54) is 0 Å². The van der Waals surface area contributed by atoms with Gasteiger partial charge in [-0.05, 0) is 0 Å². The van der Waals surface area contributed by atoms with Crippen LogP contribution >= 0.6 is 0 Å². The van der Waals surface area contributed by atoms with Gasteiger partial charge < -0.3 is 9.47 Å². The van der Waals surface area contributed by atoms with Crippen molar-refractivity contribution < 1.29 is 9.47 Å². The summed E-state index contributed by atoms with van der Waals surface area (Å²) < 4.78 is 11.0. The first-order chi connectivity index (χ1) is 6.40. The quantitative estimate of drug-likeness (QED) is 0.643. The standard InChI is InChI=1S/C11H12O2/c1-2-10-8-12-11(13-10)9-6-4-3-5-7-9/h2-7,10-11H,1,8H2. The van der Waals surface area contributed by atoms with E-state index < -0.39 is 0 Å². The first-order valence-corrected chi connectivity index (χ1v) is 4.34. The smallest absolute Gasteiger partial charge is 0.184 e. The van der Waals surface area contributed by atoms with Crippen LogP contribution in [0.3, 0.4) is 0 Å². The molecule has 0 radical (unpaired) electrons. The third kappa shape index (κ3) is 1.79. The van der Waals surface area contributed by atoms with Gasteiger partial charge >= 0.3 is 0 Å². The van der Waals surface area contributed by atoms with Crippen molar-refractivity contribution >= 4 is 0 Å². The monoisotopic (exact) mass is 176 g/mol. The van der Waals surface area contributed by atoms with Crippen LogP contribution in [-0.2, 0) is 9.47 Å². The minimum atomic E-state index is -0.218. The lowest BCUT2D eigenvalue weighted by molar-refractivity contribution is -0.0532. The van der Waals surface area contributed by atoms with Crippen LogP contribution in [0, 0.1) is 0 Å². The number of benzene rings is 1. The van der Waals surface area contributed by atoms with Crippen molar-refractivity contribution in [3.05, 3.63) is 48.6 Å². The molecular weight excluding hydrogens is 164 g/mol. The summed E-state index contributed by atoms with van der Waals surface area (Å²) >= 11 is 0. The summed E-state index contributed by atoms with van der Waals surface area (Å²) in [7, 11) is 0. The van der Waals surface area contributed by atoms with Crippen LogP contribution in [-0.4, -0.2) is 12.7 Å². The SMILES string of the molecule is C=CC1COC(c2ccccc2)O1. The molecule has 1 saturated heterocycles. The molecule has 0 spiro atoms. The van der Waals surface area contributed by atoms with Gasteiger partial charge in [0.1, 0.15) is 6.10 Å². The number of hydrogen-bond donors (Lipinski definition) is 0. The van der Waals surface area contributed by atoms with Gasteiger partial charge in [-0.3, -0.25) is 0 Å². The van der Waals surface area contributed by atoms with Crippen molar-refractivity contribution in [2.24, 2.45) is 0 Å². The minimum absolute atomic E-state index is 0.0326. The molecule has 0 aliphatic carbocycles. The second-order valence-electron chi connectivity index (χ2n) is 2.99. The zero-order valence-electron chi connectivity index (χ0n) is 7.35. The second kappa shape index (κ2) is 3.73. The first kappa shape index (κ1) is 8.48. The van der Waals surface area contributed by atoms with Gasteiger partial charge in [0.05, 0.1) is 6.61 Å². The molecule has 1 fully saturated rings. The van der Waals surface area contributed by atoms with Crippen molar-refractivity contribution in [1.29, 1.82) is 0 Å². The molecule has 2 atom stereocenters. The van der Waals surface area contributed by atoms with E-state index in [0.717, 1.165) is 5.56 Å². The molecule has 2 unspecified atom stereocenters. The Balaban J connectivity index is 2.08. The van der Waals surface area contributed by atoms with Gasteiger partial charge in [0.2, 0.25) is 0 Å². The Morgan fingerprint density at radius 3 is 2.69 bits per heavy atom. The van der Waals surface area contributed by atoms with E-state index in [-0.39, 0.29) is 12.4 Å². The summed E-state index contributed by atoms with van der Waals surface area (Å²) in [6.45, 7) is 4.27. The van der Waals surface area contributed by atoms with E-state index in [0.29, 0.717) is 6.61 Å². The zero-order valence-corrected chi connectivity index (χ0v) is 7.35. The normalized spacial score (nSPS) is 27.4. The van der Waals surface area contributed by atoms with E-state index in [1.807, 2.05) is 30.3 Å². The molecule has 1 aromatic rings. The molecule has 68 valence electrons. The molecule has 1 aromatic carbocycles. The molecule has 0 amide bonds. The first-order valence-electron chi connectivity index (χ1n) is 4.34. The summed E-state index contributed by atoms with van der Waals surface area (Å²) in [6.07, 6.45) is 1.58. The summed E-state index contributed by atoms with van der Waals surface area (Å²) in [4.78, 5) is 0. The summed E-state index contributed by atoms with van der Waals surface area (Å²) in [6, 6.07) is 9.92. The third-order valence-electron chi connectivity index (χ3n) is 2.04.